The Morgan fingerprint density at radius 3 is 2.62 bits per heavy atom. The van der Waals surface area contributed by atoms with Gasteiger partial charge in [-0.3, -0.25) is 0 Å². The van der Waals surface area contributed by atoms with Crippen LogP contribution in [0.1, 0.15) is 36.8 Å². The highest BCUT2D eigenvalue weighted by Crippen LogP contribution is 2.24. The minimum atomic E-state index is -3.50. The second kappa shape index (κ2) is 8.14. The molecule has 1 aromatic carbocycles. The number of benzene rings is 1. The maximum absolute atomic E-state index is 13.2. The van der Waals surface area contributed by atoms with Crippen molar-refractivity contribution in [2.75, 3.05) is 0 Å². The van der Waals surface area contributed by atoms with Crippen LogP contribution in [0, 0.1) is 12.7 Å². The molecule has 0 atom stereocenters. The minimum Gasteiger partial charge on any atom is -0.474 e. The summed E-state index contributed by atoms with van der Waals surface area (Å²) in [4.78, 5) is 4.24. The fourth-order valence-electron chi connectivity index (χ4n) is 3.14. The van der Waals surface area contributed by atoms with Crippen molar-refractivity contribution in [1.82, 2.24) is 9.71 Å². The molecule has 1 aliphatic carbocycles. The fraction of sp³-hybridized carbons (Fsp3) is 0.421. The molecule has 0 amide bonds. The molecule has 1 aliphatic rings. The SMILES string of the molecule is Cc1ccc(OC2CCC(NS(=O)(=O)Cc3cccc(F)c3)CC2)nc1. The first-order valence-corrected chi connectivity index (χ1v) is 10.4. The van der Waals surface area contributed by atoms with Gasteiger partial charge < -0.3 is 4.74 Å². The van der Waals surface area contributed by atoms with Crippen LogP contribution in [-0.4, -0.2) is 25.5 Å². The van der Waals surface area contributed by atoms with Gasteiger partial charge in [0.05, 0.1) is 5.75 Å². The van der Waals surface area contributed by atoms with Crippen LogP contribution in [-0.2, 0) is 15.8 Å². The number of nitrogens with zero attached hydrogens (tertiary/aromatic N) is 1. The van der Waals surface area contributed by atoms with Crippen LogP contribution in [0.5, 0.6) is 5.88 Å². The lowest BCUT2D eigenvalue weighted by molar-refractivity contribution is 0.138. The molecule has 0 radical (unpaired) electrons. The van der Waals surface area contributed by atoms with Crippen LogP contribution < -0.4 is 9.46 Å². The molecule has 0 spiro atoms. The van der Waals surface area contributed by atoms with Gasteiger partial charge in [0.15, 0.2) is 0 Å². The second-order valence-corrected chi connectivity index (χ2v) is 8.53. The molecule has 26 heavy (non-hydrogen) atoms. The Morgan fingerprint density at radius 2 is 1.96 bits per heavy atom. The summed E-state index contributed by atoms with van der Waals surface area (Å²) in [5, 5.41) is 0. The number of hydrogen-bond donors (Lipinski definition) is 1. The van der Waals surface area contributed by atoms with E-state index < -0.39 is 15.8 Å². The van der Waals surface area contributed by atoms with Crippen LogP contribution >= 0.6 is 0 Å². The lowest BCUT2D eigenvalue weighted by Gasteiger charge is -2.29. The molecule has 7 heteroatoms. The molecular formula is C19H23FN2O3S. The van der Waals surface area contributed by atoms with E-state index in [1.165, 1.54) is 18.2 Å². The number of hydrogen-bond acceptors (Lipinski definition) is 4. The minimum absolute atomic E-state index is 0.0502. The van der Waals surface area contributed by atoms with Crippen molar-refractivity contribution >= 4 is 10.0 Å². The van der Waals surface area contributed by atoms with E-state index in [1.807, 2.05) is 19.1 Å². The van der Waals surface area contributed by atoms with E-state index in [2.05, 4.69) is 9.71 Å². The Morgan fingerprint density at radius 1 is 1.19 bits per heavy atom. The summed E-state index contributed by atoms with van der Waals surface area (Å²) in [6.07, 6.45) is 4.76. The van der Waals surface area contributed by atoms with Crippen molar-refractivity contribution in [3.05, 3.63) is 59.5 Å². The van der Waals surface area contributed by atoms with Crippen molar-refractivity contribution in [2.45, 2.75) is 50.5 Å². The number of aryl methyl sites for hydroxylation is 1. The average molecular weight is 378 g/mol. The summed E-state index contributed by atoms with van der Waals surface area (Å²) in [5.74, 6) is -0.0418. The van der Waals surface area contributed by atoms with Crippen molar-refractivity contribution in [2.24, 2.45) is 0 Å². The molecule has 0 bridgehead atoms. The van der Waals surface area contributed by atoms with Crippen LogP contribution in [0.15, 0.2) is 42.6 Å². The summed E-state index contributed by atoms with van der Waals surface area (Å²) in [7, 11) is -3.50. The smallest absolute Gasteiger partial charge is 0.216 e. The van der Waals surface area contributed by atoms with Gasteiger partial charge in [-0.1, -0.05) is 18.2 Å². The van der Waals surface area contributed by atoms with E-state index in [4.69, 9.17) is 4.74 Å². The van der Waals surface area contributed by atoms with Crippen molar-refractivity contribution in [3.63, 3.8) is 0 Å². The van der Waals surface area contributed by atoms with E-state index in [0.29, 0.717) is 24.3 Å². The molecule has 1 aromatic heterocycles. The fourth-order valence-corrected chi connectivity index (χ4v) is 4.58. The molecule has 0 unspecified atom stereocenters. The number of rotatable bonds is 6. The zero-order valence-electron chi connectivity index (χ0n) is 14.7. The van der Waals surface area contributed by atoms with E-state index in [1.54, 1.807) is 12.3 Å². The lowest BCUT2D eigenvalue weighted by atomic mass is 9.94. The van der Waals surface area contributed by atoms with Gasteiger partial charge >= 0.3 is 0 Å². The maximum atomic E-state index is 13.2. The quantitative estimate of drug-likeness (QED) is 0.837. The van der Waals surface area contributed by atoms with Crippen LogP contribution in [0.25, 0.3) is 0 Å². The summed E-state index contributed by atoms with van der Waals surface area (Å²) in [6.45, 7) is 1.97. The Hall–Kier alpha value is -1.99. The Kier molecular flexibility index (Phi) is 5.88. The largest absolute Gasteiger partial charge is 0.474 e. The number of pyridine rings is 1. The van der Waals surface area contributed by atoms with Gasteiger partial charge in [0.25, 0.3) is 0 Å². The first-order valence-electron chi connectivity index (χ1n) is 8.73. The zero-order chi connectivity index (χ0) is 18.6. The highest BCUT2D eigenvalue weighted by atomic mass is 32.2. The summed E-state index contributed by atoms with van der Waals surface area (Å²) in [5.41, 5.74) is 1.52. The first kappa shape index (κ1) is 18.8. The van der Waals surface area contributed by atoms with Crippen LogP contribution in [0.4, 0.5) is 4.39 Å². The molecule has 1 heterocycles. The number of halogens is 1. The van der Waals surface area contributed by atoms with E-state index in [9.17, 15) is 12.8 Å². The number of nitrogens with one attached hydrogen (secondary N) is 1. The average Bonchev–Trinajstić information content (AvgIpc) is 2.58. The predicted molar refractivity (Wildman–Crippen MR) is 97.8 cm³/mol. The molecule has 1 N–H and O–H groups in total. The Labute approximate surface area is 153 Å². The normalized spacial score (nSPS) is 20.7. The van der Waals surface area contributed by atoms with Gasteiger partial charge in [-0.2, -0.15) is 0 Å². The number of aromatic nitrogens is 1. The standard InChI is InChI=1S/C19H23FN2O3S/c1-14-5-10-19(21-12-14)25-18-8-6-17(7-9-18)22-26(23,24)13-15-3-2-4-16(20)11-15/h2-5,10-12,17-18,22H,6-9,13H2,1H3. The van der Waals surface area contributed by atoms with Gasteiger partial charge in [-0.25, -0.2) is 22.5 Å². The number of ether oxygens (including phenoxy) is 1. The molecule has 140 valence electrons. The van der Waals surface area contributed by atoms with Crippen LogP contribution in [0.3, 0.4) is 0 Å². The van der Waals surface area contributed by atoms with E-state index in [0.717, 1.165) is 18.4 Å². The van der Waals surface area contributed by atoms with Gasteiger partial charge in [-0.15, -0.1) is 0 Å². The third kappa shape index (κ3) is 5.51. The molecular weight excluding hydrogens is 355 g/mol. The summed E-state index contributed by atoms with van der Waals surface area (Å²) in [6, 6.07) is 9.37. The van der Waals surface area contributed by atoms with Crippen molar-refractivity contribution in [3.8, 4) is 5.88 Å². The third-order valence-electron chi connectivity index (χ3n) is 4.44. The lowest BCUT2D eigenvalue weighted by Crippen LogP contribution is -2.40. The molecule has 0 aliphatic heterocycles. The van der Waals surface area contributed by atoms with Gasteiger partial charge in [0.2, 0.25) is 15.9 Å². The maximum Gasteiger partial charge on any atom is 0.216 e. The van der Waals surface area contributed by atoms with Crippen molar-refractivity contribution < 1.29 is 17.5 Å². The van der Waals surface area contributed by atoms with E-state index in [-0.39, 0.29) is 17.9 Å². The first-order chi connectivity index (χ1) is 12.4. The summed E-state index contributed by atoms with van der Waals surface area (Å²) < 4.78 is 46.4. The zero-order valence-corrected chi connectivity index (χ0v) is 15.5. The highest BCUT2D eigenvalue weighted by Gasteiger charge is 2.26. The Bertz CT molecular complexity index is 832. The predicted octanol–water partition coefficient (Wildman–Crippen LogP) is 3.34. The molecule has 3 rings (SSSR count). The monoisotopic (exact) mass is 378 g/mol. The van der Waals surface area contributed by atoms with Gasteiger partial charge in [0, 0.05) is 18.3 Å². The van der Waals surface area contributed by atoms with Gasteiger partial charge in [0.1, 0.15) is 11.9 Å². The molecule has 1 saturated carbocycles. The van der Waals surface area contributed by atoms with Crippen molar-refractivity contribution in [1.29, 1.82) is 0 Å². The van der Waals surface area contributed by atoms with Gasteiger partial charge in [-0.05, 0) is 55.9 Å². The topological polar surface area (TPSA) is 68.3 Å². The second-order valence-electron chi connectivity index (χ2n) is 6.77. The molecule has 2 aromatic rings. The highest BCUT2D eigenvalue weighted by molar-refractivity contribution is 7.88. The molecule has 0 saturated heterocycles. The van der Waals surface area contributed by atoms with Crippen LogP contribution in [0.2, 0.25) is 0 Å². The molecule has 5 nitrogen and oxygen atoms in total. The molecule has 1 fully saturated rings. The summed E-state index contributed by atoms with van der Waals surface area (Å²) >= 11 is 0. The third-order valence-corrected chi connectivity index (χ3v) is 5.84. The number of sulfonamides is 1. The van der Waals surface area contributed by atoms with E-state index >= 15 is 0 Å². The Balaban J connectivity index is 1.49.